The quantitative estimate of drug-likeness (QED) is 0.669. The van der Waals surface area contributed by atoms with Crippen LogP contribution in [0, 0.1) is 13.8 Å². The molecule has 0 N–H and O–H groups in total. The Morgan fingerprint density at radius 3 is 2.41 bits per heavy atom. The zero-order valence-corrected chi connectivity index (χ0v) is 16.4. The van der Waals surface area contributed by atoms with Gasteiger partial charge in [-0.05, 0) is 25.8 Å². The van der Waals surface area contributed by atoms with Crippen molar-refractivity contribution in [1.82, 2.24) is 24.7 Å². The van der Waals surface area contributed by atoms with Gasteiger partial charge in [0.1, 0.15) is 0 Å². The van der Waals surface area contributed by atoms with Gasteiger partial charge < -0.3 is 4.90 Å². The largest absolute Gasteiger partial charge is 0.453 e. The number of hydrogen-bond donors (Lipinski definition) is 0. The predicted octanol–water partition coefficient (Wildman–Crippen LogP) is 3.47. The first kappa shape index (κ1) is 19.6. The minimum Gasteiger partial charge on any atom is -0.354 e. The molecule has 0 bridgehead atoms. The van der Waals surface area contributed by atoms with Gasteiger partial charge in [0.05, 0.1) is 0 Å². The summed E-state index contributed by atoms with van der Waals surface area (Å²) in [7, 11) is 0. The maximum atomic E-state index is 13.3. The summed E-state index contributed by atoms with van der Waals surface area (Å²) in [4.78, 5) is 4.45. The fourth-order valence-corrected chi connectivity index (χ4v) is 3.77. The molecule has 0 radical (unpaired) electrons. The van der Waals surface area contributed by atoms with Crippen molar-refractivity contribution in [3.05, 3.63) is 52.8 Å². The summed E-state index contributed by atoms with van der Waals surface area (Å²) in [6.45, 7) is 7.72. The second kappa shape index (κ2) is 7.62. The number of alkyl halides is 3. The van der Waals surface area contributed by atoms with Gasteiger partial charge in [-0.25, -0.2) is 0 Å². The van der Waals surface area contributed by atoms with Gasteiger partial charge in [-0.3, -0.25) is 4.90 Å². The number of aryl methyl sites for hydroxylation is 1. The molecule has 154 valence electrons. The van der Waals surface area contributed by atoms with Crippen LogP contribution >= 0.6 is 0 Å². The van der Waals surface area contributed by atoms with Gasteiger partial charge >= 0.3 is 6.18 Å². The van der Waals surface area contributed by atoms with E-state index in [-0.39, 0.29) is 5.65 Å². The molecule has 1 aliphatic rings. The smallest absolute Gasteiger partial charge is 0.354 e. The number of anilines is 1. The van der Waals surface area contributed by atoms with Crippen molar-refractivity contribution in [3.8, 4) is 0 Å². The summed E-state index contributed by atoms with van der Waals surface area (Å²) >= 11 is 0. The van der Waals surface area contributed by atoms with E-state index in [4.69, 9.17) is 0 Å². The topological polar surface area (TPSA) is 49.6 Å². The van der Waals surface area contributed by atoms with Gasteiger partial charge in [0.15, 0.2) is 11.5 Å². The highest BCUT2D eigenvalue weighted by molar-refractivity contribution is 5.59. The molecule has 6 nitrogen and oxygen atoms in total. The fraction of sp³-hybridized carbons (Fsp3) is 0.450. The number of aromatic nitrogens is 4. The average molecular weight is 404 g/mol. The summed E-state index contributed by atoms with van der Waals surface area (Å²) in [5.41, 5.74) is 2.92. The van der Waals surface area contributed by atoms with Crippen LogP contribution in [0.25, 0.3) is 5.65 Å². The van der Waals surface area contributed by atoms with Gasteiger partial charge in [-0.2, -0.15) is 17.7 Å². The van der Waals surface area contributed by atoms with Crippen LogP contribution in [-0.2, 0) is 12.7 Å². The van der Waals surface area contributed by atoms with Crippen LogP contribution in [0.1, 0.15) is 28.9 Å². The van der Waals surface area contributed by atoms with E-state index in [1.807, 2.05) is 25.1 Å². The lowest BCUT2D eigenvalue weighted by molar-refractivity contribution is -0.146. The van der Waals surface area contributed by atoms with Crippen molar-refractivity contribution in [3.63, 3.8) is 0 Å². The number of rotatable bonds is 3. The lowest BCUT2D eigenvalue weighted by Crippen LogP contribution is -2.32. The van der Waals surface area contributed by atoms with Crippen LogP contribution in [0.3, 0.4) is 0 Å². The van der Waals surface area contributed by atoms with E-state index in [2.05, 4.69) is 37.2 Å². The maximum Gasteiger partial charge on any atom is 0.453 e. The van der Waals surface area contributed by atoms with E-state index in [9.17, 15) is 13.2 Å². The minimum absolute atomic E-state index is 0.152. The molecule has 29 heavy (non-hydrogen) atoms. The van der Waals surface area contributed by atoms with Crippen LogP contribution in [0.4, 0.5) is 19.0 Å². The van der Waals surface area contributed by atoms with Gasteiger partial charge in [0, 0.05) is 43.9 Å². The molecule has 1 fully saturated rings. The van der Waals surface area contributed by atoms with Gasteiger partial charge in [-0.1, -0.05) is 30.3 Å². The molecule has 0 atom stereocenters. The monoisotopic (exact) mass is 404 g/mol. The number of benzene rings is 1. The molecule has 4 rings (SSSR count). The molecule has 0 amide bonds. The van der Waals surface area contributed by atoms with Crippen molar-refractivity contribution >= 4 is 11.5 Å². The normalized spacial score (nSPS) is 16.4. The Balaban J connectivity index is 1.60. The Morgan fingerprint density at radius 2 is 1.69 bits per heavy atom. The van der Waals surface area contributed by atoms with E-state index >= 15 is 0 Å². The van der Waals surface area contributed by atoms with Crippen molar-refractivity contribution in [2.45, 2.75) is 33.0 Å². The molecular weight excluding hydrogens is 381 g/mol. The number of nitrogens with zero attached hydrogens (tertiary/aromatic N) is 6. The highest BCUT2D eigenvalue weighted by Crippen LogP contribution is 2.30. The first-order chi connectivity index (χ1) is 13.8. The number of hydrogen-bond acceptors (Lipinski definition) is 5. The zero-order valence-electron chi connectivity index (χ0n) is 16.4. The molecule has 3 heterocycles. The third-order valence-electron chi connectivity index (χ3n) is 5.46. The minimum atomic E-state index is -4.60. The Morgan fingerprint density at radius 1 is 0.931 bits per heavy atom. The van der Waals surface area contributed by atoms with Crippen molar-refractivity contribution in [1.29, 1.82) is 0 Å². The predicted molar refractivity (Wildman–Crippen MR) is 104 cm³/mol. The summed E-state index contributed by atoms with van der Waals surface area (Å²) < 4.78 is 40.7. The summed E-state index contributed by atoms with van der Waals surface area (Å²) in [5, 5.41) is 11.4. The van der Waals surface area contributed by atoms with Crippen LogP contribution in [0.15, 0.2) is 30.3 Å². The van der Waals surface area contributed by atoms with E-state index < -0.39 is 12.0 Å². The lowest BCUT2D eigenvalue weighted by atomic mass is 10.1. The molecule has 0 unspecified atom stereocenters. The van der Waals surface area contributed by atoms with Gasteiger partial charge in [0.2, 0.25) is 0 Å². The highest BCUT2D eigenvalue weighted by Gasteiger charge is 2.38. The summed E-state index contributed by atoms with van der Waals surface area (Å²) in [6.07, 6.45) is -3.68. The molecule has 0 saturated carbocycles. The zero-order chi connectivity index (χ0) is 20.6. The average Bonchev–Trinajstić information content (AvgIpc) is 3.00. The maximum absolute atomic E-state index is 13.3. The van der Waals surface area contributed by atoms with Crippen LogP contribution in [-0.4, -0.2) is 50.9 Å². The Bertz CT molecular complexity index is 999. The molecular formula is C20H23F3N6. The van der Waals surface area contributed by atoms with Crippen LogP contribution in [0.2, 0.25) is 0 Å². The standard InChI is InChI=1S/C20H23F3N6/c1-14-15(2)18(26-29-17(14)24-25-19(29)20(21,22)23)28-10-6-9-27(11-12-28)13-16-7-4-3-5-8-16/h3-5,7-8H,6,9-13H2,1-2H3. The Kier molecular flexibility index (Phi) is 5.16. The van der Waals surface area contributed by atoms with E-state index in [0.717, 1.165) is 42.7 Å². The lowest BCUT2D eigenvalue weighted by Gasteiger charge is -2.25. The third kappa shape index (κ3) is 3.91. The van der Waals surface area contributed by atoms with Crippen LogP contribution in [0.5, 0.6) is 0 Å². The summed E-state index contributed by atoms with van der Waals surface area (Å²) in [6, 6.07) is 10.3. The van der Waals surface area contributed by atoms with Crippen molar-refractivity contribution in [2.24, 2.45) is 0 Å². The Labute approximate surface area is 166 Å². The molecule has 0 spiro atoms. The molecule has 1 saturated heterocycles. The summed E-state index contributed by atoms with van der Waals surface area (Å²) in [5.74, 6) is -0.515. The second-order valence-corrected chi connectivity index (χ2v) is 7.43. The fourth-order valence-electron chi connectivity index (χ4n) is 3.77. The molecule has 1 aromatic carbocycles. The van der Waals surface area contributed by atoms with E-state index in [1.165, 1.54) is 5.56 Å². The second-order valence-electron chi connectivity index (χ2n) is 7.43. The Hall–Kier alpha value is -2.68. The third-order valence-corrected chi connectivity index (χ3v) is 5.46. The molecule has 2 aromatic heterocycles. The molecule has 3 aromatic rings. The number of halogens is 3. The van der Waals surface area contributed by atoms with Crippen LogP contribution < -0.4 is 4.90 Å². The molecule has 1 aliphatic heterocycles. The highest BCUT2D eigenvalue weighted by atomic mass is 19.4. The first-order valence-electron chi connectivity index (χ1n) is 9.65. The molecule has 9 heteroatoms. The van der Waals surface area contributed by atoms with Crippen molar-refractivity contribution < 1.29 is 13.2 Å². The van der Waals surface area contributed by atoms with Gasteiger partial charge in [-0.15, -0.1) is 15.3 Å². The SMILES string of the molecule is Cc1c(N2CCCN(Cc3ccccc3)CC2)nn2c(C(F)(F)F)nnc2c1C. The van der Waals surface area contributed by atoms with Crippen molar-refractivity contribution in [2.75, 3.05) is 31.1 Å². The molecule has 0 aliphatic carbocycles. The van der Waals surface area contributed by atoms with E-state index in [1.54, 1.807) is 6.92 Å². The number of fused-ring (bicyclic) bond motifs is 1. The first-order valence-corrected chi connectivity index (χ1v) is 9.65. The van der Waals surface area contributed by atoms with Gasteiger partial charge in [0.25, 0.3) is 5.82 Å². The van der Waals surface area contributed by atoms with E-state index in [0.29, 0.717) is 17.9 Å².